The summed E-state index contributed by atoms with van der Waals surface area (Å²) in [5, 5.41) is 11.9. The second kappa shape index (κ2) is 7.81. The van der Waals surface area contributed by atoms with Crippen molar-refractivity contribution in [1.82, 2.24) is 14.9 Å². The van der Waals surface area contributed by atoms with Gasteiger partial charge in [0.05, 0.1) is 6.04 Å². The molecule has 0 saturated carbocycles. The van der Waals surface area contributed by atoms with Crippen molar-refractivity contribution < 1.29 is 9.18 Å². The Kier molecular flexibility index (Phi) is 5.23. The third-order valence-corrected chi connectivity index (χ3v) is 5.85. The Bertz CT molecular complexity index is 1010. The lowest BCUT2D eigenvalue weighted by atomic mass is 10.0. The summed E-state index contributed by atoms with van der Waals surface area (Å²) in [4.78, 5) is 13.1. The molecule has 28 heavy (non-hydrogen) atoms. The van der Waals surface area contributed by atoms with Crippen molar-refractivity contribution >= 4 is 35.0 Å². The number of thioether (sulfide) groups is 1. The Hall–Kier alpha value is -2.58. The van der Waals surface area contributed by atoms with E-state index in [9.17, 15) is 9.18 Å². The summed E-state index contributed by atoms with van der Waals surface area (Å²) in [5.41, 5.74) is 4.72. The highest BCUT2D eigenvalue weighted by atomic mass is 35.5. The molecule has 1 amide bonds. The number of nitrogens with one attached hydrogen (secondary N) is 2. The van der Waals surface area contributed by atoms with Gasteiger partial charge in [-0.3, -0.25) is 4.79 Å². The van der Waals surface area contributed by atoms with Crippen molar-refractivity contribution in [1.29, 1.82) is 0 Å². The van der Waals surface area contributed by atoms with E-state index in [0.29, 0.717) is 22.3 Å². The fourth-order valence-electron chi connectivity index (χ4n) is 3.03. The molecule has 0 aliphatic carbocycles. The Morgan fingerprint density at radius 2 is 2.07 bits per heavy atom. The maximum Gasteiger partial charge on any atom is 0.240 e. The average Bonchev–Trinajstić information content (AvgIpc) is 3.09. The highest BCUT2D eigenvalue weighted by molar-refractivity contribution is 8.00. The predicted molar refractivity (Wildman–Crippen MR) is 108 cm³/mol. The molecule has 1 aliphatic rings. The first-order valence-electron chi connectivity index (χ1n) is 8.74. The SMILES string of the molecule is CCc1nnc2n1N[C@@H](c1ccc(F)cc1)[C@H](C(=O)Nc1cccc(Cl)c1)S2. The summed E-state index contributed by atoms with van der Waals surface area (Å²) < 4.78 is 15.2. The average molecular weight is 418 g/mol. The number of hydrogen-bond donors (Lipinski definition) is 2. The molecule has 2 heterocycles. The lowest BCUT2D eigenvalue weighted by Crippen LogP contribution is -2.41. The molecule has 1 aliphatic heterocycles. The minimum atomic E-state index is -0.536. The zero-order valence-electron chi connectivity index (χ0n) is 14.9. The first-order chi connectivity index (χ1) is 13.5. The zero-order valence-corrected chi connectivity index (χ0v) is 16.5. The largest absolute Gasteiger partial charge is 0.325 e. The van der Waals surface area contributed by atoms with Gasteiger partial charge in [0.15, 0.2) is 5.82 Å². The number of carbonyl (C=O) groups is 1. The molecule has 2 N–H and O–H groups in total. The van der Waals surface area contributed by atoms with Crippen molar-refractivity contribution in [2.45, 2.75) is 29.8 Å². The van der Waals surface area contributed by atoms with Gasteiger partial charge < -0.3 is 10.7 Å². The van der Waals surface area contributed by atoms with Crippen LogP contribution in [0.15, 0.2) is 53.7 Å². The molecule has 2 atom stereocenters. The van der Waals surface area contributed by atoms with E-state index in [4.69, 9.17) is 11.6 Å². The molecule has 0 fully saturated rings. The van der Waals surface area contributed by atoms with Gasteiger partial charge in [0.25, 0.3) is 0 Å². The fourth-order valence-corrected chi connectivity index (χ4v) is 4.32. The van der Waals surface area contributed by atoms with E-state index < -0.39 is 11.3 Å². The Labute approximate surface area is 170 Å². The monoisotopic (exact) mass is 417 g/mol. The first-order valence-corrected chi connectivity index (χ1v) is 10.0. The number of rotatable bonds is 4. The highest BCUT2D eigenvalue weighted by Gasteiger charge is 2.37. The summed E-state index contributed by atoms with van der Waals surface area (Å²) in [7, 11) is 0. The third kappa shape index (κ3) is 3.70. The number of benzene rings is 2. The Balaban J connectivity index is 1.67. The van der Waals surface area contributed by atoms with E-state index in [-0.39, 0.29) is 11.7 Å². The molecule has 6 nitrogen and oxygen atoms in total. The van der Waals surface area contributed by atoms with E-state index in [0.717, 1.165) is 11.4 Å². The molecule has 1 aromatic heterocycles. The maximum atomic E-state index is 13.4. The Morgan fingerprint density at radius 1 is 1.29 bits per heavy atom. The number of hydrogen-bond acceptors (Lipinski definition) is 5. The molecule has 0 radical (unpaired) electrons. The van der Waals surface area contributed by atoms with Crippen LogP contribution < -0.4 is 10.7 Å². The van der Waals surface area contributed by atoms with Crippen LogP contribution in [0.3, 0.4) is 0 Å². The summed E-state index contributed by atoms with van der Waals surface area (Å²) in [6.07, 6.45) is 0.691. The van der Waals surface area contributed by atoms with Crippen LogP contribution in [0.25, 0.3) is 0 Å². The van der Waals surface area contributed by atoms with Gasteiger partial charge in [0, 0.05) is 17.1 Å². The molecule has 0 spiro atoms. The lowest BCUT2D eigenvalue weighted by Gasteiger charge is -2.33. The van der Waals surface area contributed by atoms with Crippen molar-refractivity contribution in [3.63, 3.8) is 0 Å². The molecule has 0 bridgehead atoms. The number of amides is 1. The van der Waals surface area contributed by atoms with Gasteiger partial charge in [0.2, 0.25) is 11.1 Å². The number of nitrogens with zero attached hydrogens (tertiary/aromatic N) is 3. The minimum Gasteiger partial charge on any atom is -0.325 e. The molecule has 0 saturated heterocycles. The van der Waals surface area contributed by atoms with Gasteiger partial charge in [0.1, 0.15) is 11.1 Å². The van der Waals surface area contributed by atoms with E-state index in [1.807, 2.05) is 6.92 Å². The second-order valence-electron chi connectivity index (χ2n) is 6.28. The van der Waals surface area contributed by atoms with E-state index >= 15 is 0 Å². The van der Waals surface area contributed by atoms with Crippen molar-refractivity contribution in [2.24, 2.45) is 0 Å². The van der Waals surface area contributed by atoms with E-state index in [1.54, 1.807) is 41.1 Å². The molecule has 0 unspecified atom stereocenters. The third-order valence-electron chi connectivity index (χ3n) is 4.40. The number of anilines is 1. The van der Waals surface area contributed by atoms with Crippen molar-refractivity contribution in [3.05, 3.63) is 70.8 Å². The number of carbonyl (C=O) groups excluding carboxylic acids is 1. The van der Waals surface area contributed by atoms with Gasteiger partial charge in [-0.05, 0) is 35.9 Å². The number of aromatic nitrogens is 3. The fraction of sp³-hybridized carbons (Fsp3) is 0.211. The standard InChI is InChI=1S/C19H17ClFN5OS/c1-2-15-23-24-19-26(15)25-16(11-6-8-13(21)9-7-11)17(28-19)18(27)22-14-5-3-4-12(20)10-14/h3-10,16-17,25H,2H2,1H3,(H,22,27)/t16-,17+/m0/s1. The normalized spacial score (nSPS) is 18.2. The molecule has 2 aromatic carbocycles. The highest BCUT2D eigenvalue weighted by Crippen LogP contribution is 2.37. The van der Waals surface area contributed by atoms with Crippen LogP contribution in [0.4, 0.5) is 10.1 Å². The number of aryl methyl sites for hydroxylation is 1. The Morgan fingerprint density at radius 3 is 2.79 bits per heavy atom. The van der Waals surface area contributed by atoms with Crippen LogP contribution in [-0.4, -0.2) is 26.0 Å². The molecule has 4 rings (SSSR count). The quantitative estimate of drug-likeness (QED) is 0.670. The van der Waals surface area contributed by atoms with Crippen LogP contribution in [0.1, 0.15) is 24.4 Å². The topological polar surface area (TPSA) is 71.8 Å². The van der Waals surface area contributed by atoms with Gasteiger partial charge >= 0.3 is 0 Å². The van der Waals surface area contributed by atoms with Gasteiger partial charge in [-0.25, -0.2) is 9.07 Å². The first kappa shape index (κ1) is 18.8. The number of halogens is 2. The predicted octanol–water partition coefficient (Wildman–Crippen LogP) is 4.03. The summed E-state index contributed by atoms with van der Waals surface area (Å²) in [5.74, 6) is 0.232. The minimum absolute atomic E-state index is 0.207. The molecule has 144 valence electrons. The van der Waals surface area contributed by atoms with Crippen LogP contribution in [0, 0.1) is 5.82 Å². The van der Waals surface area contributed by atoms with E-state index in [1.165, 1.54) is 23.9 Å². The van der Waals surface area contributed by atoms with Gasteiger partial charge in [-0.1, -0.05) is 48.5 Å². The van der Waals surface area contributed by atoms with Gasteiger partial charge in [-0.15, -0.1) is 10.2 Å². The van der Waals surface area contributed by atoms with Crippen LogP contribution in [0.2, 0.25) is 5.02 Å². The van der Waals surface area contributed by atoms with E-state index in [2.05, 4.69) is 20.9 Å². The molecular formula is C19H17ClFN5OS. The second-order valence-corrected chi connectivity index (χ2v) is 7.83. The summed E-state index contributed by atoms with van der Waals surface area (Å²) in [6, 6.07) is 12.7. The van der Waals surface area contributed by atoms with Crippen LogP contribution in [0.5, 0.6) is 0 Å². The smallest absolute Gasteiger partial charge is 0.240 e. The summed E-state index contributed by atoms with van der Waals surface area (Å²) in [6.45, 7) is 1.98. The van der Waals surface area contributed by atoms with Crippen molar-refractivity contribution in [2.75, 3.05) is 10.7 Å². The zero-order chi connectivity index (χ0) is 19.7. The maximum absolute atomic E-state index is 13.4. The van der Waals surface area contributed by atoms with Gasteiger partial charge in [-0.2, -0.15) is 0 Å². The summed E-state index contributed by atoms with van der Waals surface area (Å²) >= 11 is 7.33. The number of fused-ring (bicyclic) bond motifs is 1. The molecule has 9 heteroatoms. The van der Waals surface area contributed by atoms with Crippen molar-refractivity contribution in [3.8, 4) is 0 Å². The molecule has 3 aromatic rings. The molecular weight excluding hydrogens is 401 g/mol. The lowest BCUT2D eigenvalue weighted by molar-refractivity contribution is -0.116. The van der Waals surface area contributed by atoms with Crippen LogP contribution in [-0.2, 0) is 11.2 Å². The van der Waals surface area contributed by atoms with Crippen LogP contribution >= 0.6 is 23.4 Å².